The zero-order valence-electron chi connectivity index (χ0n) is 11.2. The monoisotopic (exact) mass is 266 g/mol. The number of nitrogens with one attached hydrogen (secondary N) is 1. The standard InChI is InChI=1S/C17H15FN2/c1-12(20-16-8-9-17(18)19-11-16)14-7-6-13-4-2-3-5-15(13)10-14/h2-12,20H,1H3. The van der Waals surface area contributed by atoms with Crippen molar-refractivity contribution in [1.29, 1.82) is 0 Å². The fourth-order valence-electron chi connectivity index (χ4n) is 2.27. The van der Waals surface area contributed by atoms with Gasteiger partial charge in [-0.05, 0) is 41.5 Å². The quantitative estimate of drug-likeness (QED) is 0.704. The number of pyridine rings is 1. The van der Waals surface area contributed by atoms with Gasteiger partial charge in [-0.15, -0.1) is 0 Å². The van der Waals surface area contributed by atoms with E-state index in [1.54, 1.807) is 6.07 Å². The van der Waals surface area contributed by atoms with E-state index in [0.717, 1.165) is 5.69 Å². The molecule has 1 heterocycles. The molecule has 100 valence electrons. The van der Waals surface area contributed by atoms with E-state index >= 15 is 0 Å². The normalized spacial score (nSPS) is 12.3. The maximum atomic E-state index is 12.8. The third-order valence-electron chi connectivity index (χ3n) is 3.38. The number of nitrogens with zero attached hydrogens (tertiary/aromatic N) is 1. The van der Waals surface area contributed by atoms with Gasteiger partial charge in [0.05, 0.1) is 11.9 Å². The molecule has 1 atom stereocenters. The summed E-state index contributed by atoms with van der Waals surface area (Å²) >= 11 is 0. The van der Waals surface area contributed by atoms with Crippen LogP contribution in [-0.4, -0.2) is 4.98 Å². The number of anilines is 1. The number of rotatable bonds is 3. The van der Waals surface area contributed by atoms with Crippen LogP contribution in [0.15, 0.2) is 60.8 Å². The van der Waals surface area contributed by atoms with Gasteiger partial charge in [0.1, 0.15) is 0 Å². The first-order valence-electron chi connectivity index (χ1n) is 6.59. The molecule has 2 nitrogen and oxygen atoms in total. The summed E-state index contributed by atoms with van der Waals surface area (Å²) in [7, 11) is 0. The summed E-state index contributed by atoms with van der Waals surface area (Å²) in [5, 5.41) is 5.77. The Morgan fingerprint density at radius 2 is 1.80 bits per heavy atom. The lowest BCUT2D eigenvalue weighted by Crippen LogP contribution is -2.06. The maximum absolute atomic E-state index is 12.8. The molecule has 1 aromatic heterocycles. The highest BCUT2D eigenvalue weighted by Gasteiger charge is 2.06. The zero-order valence-corrected chi connectivity index (χ0v) is 11.2. The molecule has 1 unspecified atom stereocenters. The summed E-state index contributed by atoms with van der Waals surface area (Å²) in [4.78, 5) is 3.65. The molecule has 0 saturated heterocycles. The molecule has 3 aromatic rings. The highest BCUT2D eigenvalue weighted by Crippen LogP contribution is 2.23. The predicted octanol–water partition coefficient (Wildman–Crippen LogP) is 4.55. The molecule has 0 aliphatic carbocycles. The van der Waals surface area contributed by atoms with Crippen LogP contribution in [0.2, 0.25) is 0 Å². The number of fused-ring (bicyclic) bond motifs is 1. The van der Waals surface area contributed by atoms with Crippen molar-refractivity contribution in [2.45, 2.75) is 13.0 Å². The van der Waals surface area contributed by atoms with Gasteiger partial charge in [0.15, 0.2) is 0 Å². The highest BCUT2D eigenvalue weighted by molar-refractivity contribution is 5.83. The first-order valence-corrected chi connectivity index (χ1v) is 6.59. The molecule has 0 bridgehead atoms. The minimum Gasteiger partial charge on any atom is -0.377 e. The Bertz CT molecular complexity index is 722. The molecule has 1 N–H and O–H groups in total. The van der Waals surface area contributed by atoms with Crippen molar-refractivity contribution in [3.05, 3.63) is 72.3 Å². The van der Waals surface area contributed by atoms with Gasteiger partial charge < -0.3 is 5.32 Å². The van der Waals surface area contributed by atoms with Gasteiger partial charge in [0.2, 0.25) is 5.95 Å². The topological polar surface area (TPSA) is 24.9 Å². The molecule has 3 rings (SSSR count). The van der Waals surface area contributed by atoms with E-state index in [0.29, 0.717) is 0 Å². The number of hydrogen-bond acceptors (Lipinski definition) is 2. The van der Waals surface area contributed by atoms with Crippen molar-refractivity contribution in [1.82, 2.24) is 4.98 Å². The van der Waals surface area contributed by atoms with Gasteiger partial charge >= 0.3 is 0 Å². The van der Waals surface area contributed by atoms with Crippen LogP contribution in [0.1, 0.15) is 18.5 Å². The molecule has 0 aliphatic heterocycles. The second kappa shape index (κ2) is 5.29. The van der Waals surface area contributed by atoms with Crippen LogP contribution in [0.4, 0.5) is 10.1 Å². The molecular formula is C17H15FN2. The fraction of sp³-hybridized carbons (Fsp3) is 0.118. The van der Waals surface area contributed by atoms with E-state index in [4.69, 9.17) is 0 Å². The third kappa shape index (κ3) is 2.62. The van der Waals surface area contributed by atoms with Crippen molar-refractivity contribution in [3.8, 4) is 0 Å². The van der Waals surface area contributed by atoms with Crippen molar-refractivity contribution >= 4 is 16.5 Å². The first kappa shape index (κ1) is 12.6. The first-order chi connectivity index (χ1) is 9.72. The van der Waals surface area contributed by atoms with Gasteiger partial charge in [-0.1, -0.05) is 36.4 Å². The lowest BCUT2D eigenvalue weighted by molar-refractivity contribution is 0.584. The Balaban J connectivity index is 1.84. The van der Waals surface area contributed by atoms with Crippen molar-refractivity contribution in [2.75, 3.05) is 5.32 Å². The van der Waals surface area contributed by atoms with Crippen LogP contribution >= 0.6 is 0 Å². The minimum atomic E-state index is -0.464. The van der Waals surface area contributed by atoms with Crippen LogP contribution in [0.5, 0.6) is 0 Å². The Kier molecular flexibility index (Phi) is 3.33. The molecule has 0 spiro atoms. The molecule has 2 aromatic carbocycles. The van der Waals surface area contributed by atoms with Crippen LogP contribution < -0.4 is 5.32 Å². The van der Waals surface area contributed by atoms with E-state index in [2.05, 4.69) is 47.6 Å². The molecule has 0 aliphatic rings. The van der Waals surface area contributed by atoms with Crippen molar-refractivity contribution < 1.29 is 4.39 Å². The maximum Gasteiger partial charge on any atom is 0.212 e. The van der Waals surface area contributed by atoms with E-state index in [-0.39, 0.29) is 6.04 Å². The molecular weight excluding hydrogens is 251 g/mol. The smallest absolute Gasteiger partial charge is 0.212 e. The fourth-order valence-corrected chi connectivity index (χ4v) is 2.27. The Morgan fingerprint density at radius 1 is 1.00 bits per heavy atom. The third-order valence-corrected chi connectivity index (χ3v) is 3.38. The average Bonchev–Trinajstić information content (AvgIpc) is 2.49. The number of hydrogen-bond donors (Lipinski definition) is 1. The summed E-state index contributed by atoms with van der Waals surface area (Å²) in [5.41, 5.74) is 2.00. The summed E-state index contributed by atoms with van der Waals surface area (Å²) in [5.74, 6) is -0.464. The largest absolute Gasteiger partial charge is 0.377 e. The van der Waals surface area contributed by atoms with Gasteiger partial charge in [-0.25, -0.2) is 4.98 Å². The number of benzene rings is 2. The SMILES string of the molecule is CC(Nc1ccc(F)nc1)c1ccc2ccccc2c1. The van der Waals surface area contributed by atoms with Crippen LogP contribution in [-0.2, 0) is 0 Å². The summed E-state index contributed by atoms with van der Waals surface area (Å²) in [6.07, 6.45) is 1.51. The molecule has 0 saturated carbocycles. The van der Waals surface area contributed by atoms with Crippen molar-refractivity contribution in [3.63, 3.8) is 0 Å². The molecule has 0 radical (unpaired) electrons. The predicted molar refractivity (Wildman–Crippen MR) is 80.2 cm³/mol. The number of halogens is 1. The Hall–Kier alpha value is -2.42. The summed E-state index contributed by atoms with van der Waals surface area (Å²) in [6.45, 7) is 2.08. The van der Waals surface area contributed by atoms with E-state index in [1.165, 1.54) is 28.6 Å². The van der Waals surface area contributed by atoms with Crippen LogP contribution in [0.25, 0.3) is 10.8 Å². The molecule has 0 amide bonds. The van der Waals surface area contributed by atoms with E-state index in [9.17, 15) is 4.39 Å². The van der Waals surface area contributed by atoms with Gasteiger partial charge in [0, 0.05) is 6.04 Å². The van der Waals surface area contributed by atoms with E-state index in [1.807, 2.05) is 12.1 Å². The highest BCUT2D eigenvalue weighted by atomic mass is 19.1. The van der Waals surface area contributed by atoms with Crippen LogP contribution in [0, 0.1) is 5.95 Å². The molecule has 20 heavy (non-hydrogen) atoms. The Morgan fingerprint density at radius 3 is 2.55 bits per heavy atom. The second-order valence-electron chi connectivity index (χ2n) is 4.84. The average molecular weight is 266 g/mol. The minimum absolute atomic E-state index is 0.131. The van der Waals surface area contributed by atoms with Gasteiger partial charge in [-0.3, -0.25) is 0 Å². The zero-order chi connectivity index (χ0) is 13.9. The molecule has 0 fully saturated rings. The summed E-state index contributed by atoms with van der Waals surface area (Å²) in [6, 6.07) is 17.8. The Labute approximate surface area is 117 Å². The van der Waals surface area contributed by atoms with Crippen molar-refractivity contribution in [2.24, 2.45) is 0 Å². The van der Waals surface area contributed by atoms with Gasteiger partial charge in [-0.2, -0.15) is 4.39 Å². The molecule has 3 heteroatoms. The second-order valence-corrected chi connectivity index (χ2v) is 4.84. The summed E-state index contributed by atoms with van der Waals surface area (Å²) < 4.78 is 12.8. The number of aromatic nitrogens is 1. The van der Waals surface area contributed by atoms with Gasteiger partial charge in [0.25, 0.3) is 0 Å². The van der Waals surface area contributed by atoms with E-state index < -0.39 is 5.95 Å². The lowest BCUT2D eigenvalue weighted by Gasteiger charge is -2.16. The lowest BCUT2D eigenvalue weighted by atomic mass is 10.0. The van der Waals surface area contributed by atoms with Crippen LogP contribution in [0.3, 0.4) is 0 Å².